The number of rotatable bonds is 5. The van der Waals surface area contributed by atoms with Crippen LogP contribution in [0.4, 0.5) is 0 Å². The summed E-state index contributed by atoms with van der Waals surface area (Å²) < 4.78 is 37.7. The standard InChI is InChI=1S/C13H16N2O4S/c1-2-10(5-6-14)15-20(16,17)11-3-4-12-13(9-11)19-8-7-18-12/h3-4,9-10,15H,2,5,7-8H2,1H3. The number of sulfonamides is 1. The highest BCUT2D eigenvalue weighted by Gasteiger charge is 2.22. The lowest BCUT2D eigenvalue weighted by Crippen LogP contribution is -2.34. The number of ether oxygens (including phenoxy) is 2. The molecule has 6 nitrogen and oxygen atoms in total. The highest BCUT2D eigenvalue weighted by Crippen LogP contribution is 2.32. The van der Waals surface area contributed by atoms with Gasteiger partial charge in [0.25, 0.3) is 0 Å². The number of nitrogens with one attached hydrogen (secondary N) is 1. The van der Waals surface area contributed by atoms with Crippen molar-refractivity contribution in [3.8, 4) is 17.6 Å². The molecular weight excluding hydrogens is 280 g/mol. The molecule has 1 unspecified atom stereocenters. The van der Waals surface area contributed by atoms with Crippen LogP contribution in [-0.2, 0) is 10.0 Å². The van der Waals surface area contributed by atoms with Crippen molar-refractivity contribution in [2.75, 3.05) is 13.2 Å². The van der Waals surface area contributed by atoms with E-state index < -0.39 is 16.1 Å². The predicted molar refractivity (Wildman–Crippen MR) is 72.1 cm³/mol. The monoisotopic (exact) mass is 296 g/mol. The van der Waals surface area contributed by atoms with Crippen LogP contribution in [0.2, 0.25) is 0 Å². The van der Waals surface area contributed by atoms with Gasteiger partial charge in [-0.15, -0.1) is 0 Å². The quantitative estimate of drug-likeness (QED) is 0.888. The Morgan fingerprint density at radius 1 is 1.35 bits per heavy atom. The topological polar surface area (TPSA) is 88.4 Å². The van der Waals surface area contributed by atoms with Crippen LogP contribution in [0, 0.1) is 11.3 Å². The van der Waals surface area contributed by atoms with Gasteiger partial charge in [-0.2, -0.15) is 5.26 Å². The van der Waals surface area contributed by atoms with E-state index in [2.05, 4.69) is 4.72 Å². The third kappa shape index (κ3) is 3.21. The van der Waals surface area contributed by atoms with Gasteiger partial charge >= 0.3 is 0 Å². The molecule has 0 aliphatic carbocycles. The van der Waals surface area contributed by atoms with E-state index in [1.54, 1.807) is 6.07 Å². The van der Waals surface area contributed by atoms with Gasteiger partial charge in [-0.1, -0.05) is 6.92 Å². The molecule has 0 bridgehead atoms. The van der Waals surface area contributed by atoms with Crippen molar-refractivity contribution in [1.82, 2.24) is 4.72 Å². The molecule has 20 heavy (non-hydrogen) atoms. The summed E-state index contributed by atoms with van der Waals surface area (Å²) >= 11 is 0. The van der Waals surface area contributed by atoms with Gasteiger partial charge in [0.05, 0.1) is 17.4 Å². The van der Waals surface area contributed by atoms with Crippen molar-refractivity contribution in [1.29, 1.82) is 5.26 Å². The second kappa shape index (κ2) is 6.11. The van der Waals surface area contributed by atoms with Crippen molar-refractivity contribution in [2.45, 2.75) is 30.7 Å². The summed E-state index contributed by atoms with van der Waals surface area (Å²) in [7, 11) is -3.66. The third-order valence-corrected chi connectivity index (χ3v) is 4.49. The molecule has 0 saturated carbocycles. The molecule has 1 atom stereocenters. The first-order valence-corrected chi connectivity index (χ1v) is 7.84. The second-order valence-electron chi connectivity index (χ2n) is 4.39. The van der Waals surface area contributed by atoms with Gasteiger partial charge in [-0.25, -0.2) is 13.1 Å². The summed E-state index contributed by atoms with van der Waals surface area (Å²) in [6.07, 6.45) is 0.692. The third-order valence-electron chi connectivity index (χ3n) is 2.98. The predicted octanol–water partition coefficient (Wildman–Crippen LogP) is 1.43. The van der Waals surface area contributed by atoms with E-state index in [4.69, 9.17) is 14.7 Å². The molecule has 1 aliphatic heterocycles. The number of benzene rings is 1. The van der Waals surface area contributed by atoms with E-state index in [0.717, 1.165) is 0 Å². The van der Waals surface area contributed by atoms with Gasteiger partial charge in [0.1, 0.15) is 13.2 Å². The minimum atomic E-state index is -3.66. The Kier molecular flexibility index (Phi) is 4.47. The maximum atomic E-state index is 12.2. The molecule has 0 spiro atoms. The van der Waals surface area contributed by atoms with E-state index in [-0.39, 0.29) is 11.3 Å². The van der Waals surface area contributed by atoms with Crippen LogP contribution >= 0.6 is 0 Å². The van der Waals surface area contributed by atoms with Gasteiger partial charge < -0.3 is 9.47 Å². The van der Waals surface area contributed by atoms with E-state index in [9.17, 15) is 8.42 Å². The van der Waals surface area contributed by atoms with Crippen LogP contribution in [0.5, 0.6) is 11.5 Å². The average molecular weight is 296 g/mol. The first-order chi connectivity index (χ1) is 9.56. The molecule has 7 heteroatoms. The Morgan fingerprint density at radius 3 is 2.70 bits per heavy atom. The summed E-state index contributed by atoms with van der Waals surface area (Å²) in [5.74, 6) is 0.965. The minimum Gasteiger partial charge on any atom is -0.486 e. The van der Waals surface area contributed by atoms with Crippen molar-refractivity contribution >= 4 is 10.0 Å². The molecule has 1 aromatic rings. The van der Waals surface area contributed by atoms with E-state index >= 15 is 0 Å². The Hall–Kier alpha value is -1.78. The van der Waals surface area contributed by atoms with Crippen molar-refractivity contribution in [3.05, 3.63) is 18.2 Å². The zero-order valence-electron chi connectivity index (χ0n) is 11.1. The zero-order chi connectivity index (χ0) is 14.6. The maximum absolute atomic E-state index is 12.2. The fourth-order valence-corrected chi connectivity index (χ4v) is 3.19. The summed E-state index contributed by atoms with van der Waals surface area (Å²) in [5.41, 5.74) is 0. The van der Waals surface area contributed by atoms with Crippen molar-refractivity contribution in [3.63, 3.8) is 0 Å². The lowest BCUT2D eigenvalue weighted by atomic mass is 10.2. The molecule has 1 N–H and O–H groups in total. The normalized spacial score (nSPS) is 15.4. The molecule has 108 valence electrons. The Balaban J connectivity index is 2.23. The average Bonchev–Trinajstić information content (AvgIpc) is 2.46. The highest BCUT2D eigenvalue weighted by atomic mass is 32.2. The van der Waals surface area contributed by atoms with Crippen LogP contribution < -0.4 is 14.2 Å². The minimum absolute atomic E-state index is 0.109. The molecule has 1 aliphatic rings. The first kappa shape index (κ1) is 14.6. The fraction of sp³-hybridized carbons (Fsp3) is 0.462. The molecule has 1 aromatic carbocycles. The largest absolute Gasteiger partial charge is 0.486 e. The molecule has 0 radical (unpaired) electrons. The second-order valence-corrected chi connectivity index (χ2v) is 6.11. The SMILES string of the molecule is CCC(CC#N)NS(=O)(=O)c1ccc2c(c1)OCCO2. The number of hydrogen-bond acceptors (Lipinski definition) is 5. The molecule has 0 aromatic heterocycles. The highest BCUT2D eigenvalue weighted by molar-refractivity contribution is 7.89. The van der Waals surface area contributed by atoms with Crippen LogP contribution in [0.15, 0.2) is 23.1 Å². The molecule has 0 saturated heterocycles. The summed E-state index contributed by atoms with van der Waals surface area (Å²) in [4.78, 5) is 0.109. The van der Waals surface area contributed by atoms with E-state index in [1.165, 1.54) is 12.1 Å². The van der Waals surface area contributed by atoms with Crippen LogP contribution in [-0.4, -0.2) is 27.7 Å². The molecule has 0 amide bonds. The lowest BCUT2D eigenvalue weighted by Gasteiger charge is -2.19. The summed E-state index contributed by atoms with van der Waals surface area (Å²) in [6, 6.07) is 6.07. The number of fused-ring (bicyclic) bond motifs is 1. The smallest absolute Gasteiger partial charge is 0.240 e. The van der Waals surface area contributed by atoms with Crippen molar-refractivity contribution < 1.29 is 17.9 Å². The Morgan fingerprint density at radius 2 is 2.05 bits per heavy atom. The van der Waals surface area contributed by atoms with Crippen LogP contribution in [0.1, 0.15) is 19.8 Å². The van der Waals surface area contributed by atoms with E-state index in [1.807, 2.05) is 13.0 Å². The fourth-order valence-electron chi connectivity index (χ4n) is 1.86. The molecule has 2 rings (SSSR count). The van der Waals surface area contributed by atoms with Crippen LogP contribution in [0.25, 0.3) is 0 Å². The van der Waals surface area contributed by atoms with Gasteiger partial charge in [0.15, 0.2) is 11.5 Å². The Labute approximate surface area is 118 Å². The number of hydrogen-bond donors (Lipinski definition) is 1. The van der Waals surface area contributed by atoms with Crippen molar-refractivity contribution in [2.24, 2.45) is 0 Å². The molecule has 1 heterocycles. The van der Waals surface area contributed by atoms with Gasteiger partial charge in [0.2, 0.25) is 10.0 Å². The number of nitriles is 1. The molecule has 0 fully saturated rings. The summed E-state index contributed by atoms with van der Waals surface area (Å²) in [6.45, 7) is 2.68. The molecular formula is C13H16N2O4S. The van der Waals surface area contributed by atoms with Crippen LogP contribution in [0.3, 0.4) is 0 Å². The zero-order valence-corrected chi connectivity index (χ0v) is 11.9. The lowest BCUT2D eigenvalue weighted by molar-refractivity contribution is 0.171. The maximum Gasteiger partial charge on any atom is 0.240 e. The van der Waals surface area contributed by atoms with Gasteiger partial charge in [0, 0.05) is 12.1 Å². The first-order valence-electron chi connectivity index (χ1n) is 6.35. The number of nitrogens with zero attached hydrogens (tertiary/aromatic N) is 1. The Bertz CT molecular complexity index is 622. The van der Waals surface area contributed by atoms with Gasteiger partial charge in [-0.05, 0) is 18.6 Å². The van der Waals surface area contributed by atoms with Gasteiger partial charge in [-0.3, -0.25) is 0 Å². The van der Waals surface area contributed by atoms with E-state index in [0.29, 0.717) is 31.1 Å². The summed E-state index contributed by atoms with van der Waals surface area (Å²) in [5, 5.41) is 8.67.